The zero-order valence-electron chi connectivity index (χ0n) is 14.7. The predicted molar refractivity (Wildman–Crippen MR) is 95.0 cm³/mol. The number of carbonyl (C=O) groups excluding carboxylic acids is 2. The van der Waals surface area contributed by atoms with Crippen molar-refractivity contribution in [2.45, 2.75) is 70.3 Å². The molecule has 0 bridgehead atoms. The Kier molecular flexibility index (Phi) is 4.48. The molecule has 1 heterocycles. The summed E-state index contributed by atoms with van der Waals surface area (Å²) in [5.74, 6) is 0.406. The number of nitrogens with one attached hydrogen (secondary N) is 1. The van der Waals surface area contributed by atoms with E-state index in [4.69, 9.17) is 0 Å². The average molecular weight is 342 g/mol. The molecule has 134 valence electrons. The Hall–Kier alpha value is -1.91. The second-order valence-electron chi connectivity index (χ2n) is 7.87. The van der Waals surface area contributed by atoms with Gasteiger partial charge >= 0.3 is 0 Å². The van der Waals surface area contributed by atoms with Gasteiger partial charge in [-0.25, -0.2) is 0 Å². The number of H-pyrrole nitrogens is 1. The van der Waals surface area contributed by atoms with Gasteiger partial charge in [-0.05, 0) is 50.5 Å². The van der Waals surface area contributed by atoms with Gasteiger partial charge in [-0.1, -0.05) is 19.3 Å². The lowest BCUT2D eigenvalue weighted by molar-refractivity contribution is 0.0697. The lowest BCUT2D eigenvalue weighted by Gasteiger charge is -2.30. The van der Waals surface area contributed by atoms with E-state index in [2.05, 4.69) is 4.98 Å². The van der Waals surface area contributed by atoms with Crippen molar-refractivity contribution >= 4 is 11.7 Å². The lowest BCUT2D eigenvalue weighted by atomic mass is 9.88. The second-order valence-corrected chi connectivity index (χ2v) is 7.87. The standard InChI is InChI=1S/C20H26N2O3/c23-18-8-4-7-17-15(18)11-16(19(24)21-17)20(25)22(14-9-10-14)12-13-5-2-1-3-6-13/h11,13-14H,1-10,12H2,(H,21,24). The van der Waals surface area contributed by atoms with E-state index in [1.165, 1.54) is 32.1 Å². The summed E-state index contributed by atoms with van der Waals surface area (Å²) < 4.78 is 0. The molecule has 0 saturated heterocycles. The van der Waals surface area contributed by atoms with Crippen molar-refractivity contribution in [1.29, 1.82) is 0 Å². The van der Waals surface area contributed by atoms with Crippen LogP contribution in [-0.2, 0) is 6.42 Å². The minimum Gasteiger partial charge on any atom is -0.335 e. The molecule has 1 amide bonds. The monoisotopic (exact) mass is 342 g/mol. The Morgan fingerprint density at radius 1 is 1.04 bits per heavy atom. The Bertz CT molecular complexity index is 742. The van der Waals surface area contributed by atoms with E-state index in [1.807, 2.05) is 4.90 Å². The Balaban J connectivity index is 1.60. The lowest BCUT2D eigenvalue weighted by Crippen LogP contribution is -2.40. The molecule has 0 spiro atoms. The van der Waals surface area contributed by atoms with Crippen molar-refractivity contribution in [3.8, 4) is 0 Å². The number of hydrogen-bond donors (Lipinski definition) is 1. The maximum atomic E-state index is 13.1. The van der Waals surface area contributed by atoms with Crippen LogP contribution in [0.15, 0.2) is 10.9 Å². The minimum atomic E-state index is -0.340. The summed E-state index contributed by atoms with van der Waals surface area (Å²) in [5.41, 5.74) is 1.05. The highest BCUT2D eigenvalue weighted by Gasteiger charge is 2.36. The summed E-state index contributed by atoms with van der Waals surface area (Å²) in [6.45, 7) is 0.758. The third-order valence-corrected chi connectivity index (χ3v) is 5.91. The number of amides is 1. The van der Waals surface area contributed by atoms with E-state index in [-0.39, 0.29) is 28.9 Å². The number of hydrogen-bond acceptors (Lipinski definition) is 3. The van der Waals surface area contributed by atoms with Crippen LogP contribution in [0, 0.1) is 5.92 Å². The number of nitrogens with zero attached hydrogens (tertiary/aromatic N) is 1. The number of carbonyl (C=O) groups is 2. The predicted octanol–water partition coefficient (Wildman–Crippen LogP) is 3.08. The molecular formula is C20H26N2O3. The molecule has 2 fully saturated rings. The number of fused-ring (bicyclic) bond motifs is 1. The quantitative estimate of drug-likeness (QED) is 0.914. The Morgan fingerprint density at radius 3 is 2.52 bits per heavy atom. The number of aryl methyl sites for hydroxylation is 1. The van der Waals surface area contributed by atoms with Crippen LogP contribution in [0.25, 0.3) is 0 Å². The van der Waals surface area contributed by atoms with E-state index < -0.39 is 0 Å². The van der Waals surface area contributed by atoms with Gasteiger partial charge in [0.2, 0.25) is 0 Å². The first-order chi connectivity index (χ1) is 12.1. The molecule has 3 aliphatic rings. The zero-order valence-corrected chi connectivity index (χ0v) is 14.7. The van der Waals surface area contributed by atoms with Gasteiger partial charge in [0.1, 0.15) is 5.56 Å². The van der Waals surface area contributed by atoms with E-state index in [0.717, 1.165) is 25.8 Å². The first-order valence-electron chi connectivity index (χ1n) is 9.74. The molecule has 3 aliphatic carbocycles. The summed E-state index contributed by atoms with van der Waals surface area (Å²) in [6, 6.07) is 1.84. The molecule has 0 aromatic carbocycles. The van der Waals surface area contributed by atoms with Gasteiger partial charge in [0.25, 0.3) is 11.5 Å². The fraction of sp³-hybridized carbons (Fsp3) is 0.650. The number of aromatic nitrogens is 1. The first kappa shape index (κ1) is 16.6. The van der Waals surface area contributed by atoms with Crippen LogP contribution in [0.1, 0.15) is 84.2 Å². The van der Waals surface area contributed by atoms with Gasteiger partial charge in [-0.2, -0.15) is 0 Å². The first-order valence-corrected chi connectivity index (χ1v) is 9.74. The molecule has 0 unspecified atom stereocenters. The van der Waals surface area contributed by atoms with E-state index >= 15 is 0 Å². The van der Waals surface area contributed by atoms with Gasteiger partial charge in [-0.15, -0.1) is 0 Å². The molecule has 1 N–H and O–H groups in total. The van der Waals surface area contributed by atoms with E-state index in [0.29, 0.717) is 30.0 Å². The molecule has 25 heavy (non-hydrogen) atoms. The van der Waals surface area contributed by atoms with Gasteiger partial charge in [0.15, 0.2) is 5.78 Å². The summed E-state index contributed by atoms with van der Waals surface area (Å²) in [4.78, 5) is 42.4. The summed E-state index contributed by atoms with van der Waals surface area (Å²) in [7, 11) is 0. The highest BCUT2D eigenvalue weighted by Crippen LogP contribution is 2.32. The van der Waals surface area contributed by atoms with Crippen LogP contribution >= 0.6 is 0 Å². The van der Waals surface area contributed by atoms with Crippen LogP contribution < -0.4 is 5.56 Å². The van der Waals surface area contributed by atoms with Crippen molar-refractivity contribution in [2.24, 2.45) is 5.92 Å². The molecule has 1 aromatic heterocycles. The van der Waals surface area contributed by atoms with E-state index in [9.17, 15) is 14.4 Å². The third kappa shape index (κ3) is 3.42. The topological polar surface area (TPSA) is 70.2 Å². The van der Waals surface area contributed by atoms with Crippen LogP contribution in [-0.4, -0.2) is 34.2 Å². The van der Waals surface area contributed by atoms with Crippen LogP contribution in [0.5, 0.6) is 0 Å². The minimum absolute atomic E-state index is 0.0387. The molecule has 5 heteroatoms. The SMILES string of the molecule is O=C1CCCc2[nH]c(=O)c(C(=O)N(CC3CCCCC3)C3CC3)cc21. The molecular weight excluding hydrogens is 316 g/mol. The maximum Gasteiger partial charge on any atom is 0.261 e. The molecule has 2 saturated carbocycles. The molecule has 1 aromatic rings. The fourth-order valence-electron chi connectivity index (χ4n) is 4.32. The van der Waals surface area contributed by atoms with Crippen molar-refractivity contribution < 1.29 is 9.59 Å². The van der Waals surface area contributed by atoms with Gasteiger partial charge in [0, 0.05) is 30.3 Å². The van der Waals surface area contributed by atoms with Crippen molar-refractivity contribution in [3.63, 3.8) is 0 Å². The van der Waals surface area contributed by atoms with Gasteiger partial charge in [0.05, 0.1) is 0 Å². The highest BCUT2D eigenvalue weighted by molar-refractivity contribution is 6.01. The Morgan fingerprint density at radius 2 is 1.80 bits per heavy atom. The van der Waals surface area contributed by atoms with Crippen LogP contribution in [0.2, 0.25) is 0 Å². The van der Waals surface area contributed by atoms with Crippen molar-refractivity contribution in [3.05, 3.63) is 33.2 Å². The number of pyridine rings is 1. The van der Waals surface area contributed by atoms with Crippen LogP contribution in [0.3, 0.4) is 0 Å². The number of Topliss-reactive ketones (excluding diaryl/α,β-unsaturated/α-hetero) is 1. The molecule has 5 nitrogen and oxygen atoms in total. The molecule has 0 aliphatic heterocycles. The zero-order chi connectivity index (χ0) is 17.4. The molecule has 0 atom stereocenters. The second kappa shape index (κ2) is 6.77. The van der Waals surface area contributed by atoms with E-state index in [1.54, 1.807) is 6.07 Å². The average Bonchev–Trinajstić information content (AvgIpc) is 3.45. The number of ketones is 1. The van der Waals surface area contributed by atoms with Crippen molar-refractivity contribution in [1.82, 2.24) is 9.88 Å². The van der Waals surface area contributed by atoms with Gasteiger partial charge < -0.3 is 9.88 Å². The summed E-state index contributed by atoms with van der Waals surface area (Å²) in [6.07, 6.45) is 10.2. The van der Waals surface area contributed by atoms with Crippen LogP contribution in [0.4, 0.5) is 0 Å². The fourth-order valence-corrected chi connectivity index (χ4v) is 4.32. The highest BCUT2D eigenvalue weighted by atomic mass is 16.2. The summed E-state index contributed by atoms with van der Waals surface area (Å²) >= 11 is 0. The smallest absolute Gasteiger partial charge is 0.261 e. The molecule has 0 radical (unpaired) electrons. The van der Waals surface area contributed by atoms with Gasteiger partial charge in [-0.3, -0.25) is 14.4 Å². The van der Waals surface area contributed by atoms with Crippen molar-refractivity contribution in [2.75, 3.05) is 6.54 Å². The third-order valence-electron chi connectivity index (χ3n) is 5.91. The number of aromatic amines is 1. The maximum absolute atomic E-state index is 13.1. The number of rotatable bonds is 4. The Labute approximate surface area is 147 Å². The normalized spacial score (nSPS) is 21.0. The summed E-state index contributed by atoms with van der Waals surface area (Å²) in [5, 5.41) is 0. The largest absolute Gasteiger partial charge is 0.335 e. The molecule has 4 rings (SSSR count).